The first-order valence-electron chi connectivity index (χ1n) is 7.51. The van der Waals surface area contributed by atoms with Crippen molar-refractivity contribution in [3.8, 4) is 0 Å². The van der Waals surface area contributed by atoms with E-state index in [1.165, 1.54) is 5.56 Å². The summed E-state index contributed by atoms with van der Waals surface area (Å²) in [4.78, 5) is 14.7. The van der Waals surface area contributed by atoms with Crippen LogP contribution in [0.3, 0.4) is 0 Å². The molecule has 1 N–H and O–H groups in total. The molecule has 3 heteroatoms. The molecule has 0 amide bonds. The van der Waals surface area contributed by atoms with Gasteiger partial charge < -0.3 is 5.11 Å². The lowest BCUT2D eigenvalue weighted by Crippen LogP contribution is -2.44. The van der Waals surface area contributed by atoms with Crippen LogP contribution in [0.5, 0.6) is 0 Å². The second kappa shape index (κ2) is 8.18. The van der Waals surface area contributed by atoms with Gasteiger partial charge in [-0.3, -0.25) is 9.69 Å². The molecule has 0 saturated carbocycles. The monoisotopic (exact) mass is 277 g/mol. The lowest BCUT2D eigenvalue weighted by Gasteiger charge is -2.31. The highest BCUT2D eigenvalue weighted by molar-refractivity contribution is 5.99. The van der Waals surface area contributed by atoms with E-state index in [9.17, 15) is 4.79 Å². The van der Waals surface area contributed by atoms with E-state index < -0.39 is 0 Å². The third-order valence-corrected chi connectivity index (χ3v) is 3.76. The van der Waals surface area contributed by atoms with Crippen molar-refractivity contribution in [3.63, 3.8) is 0 Å². The second-order valence-electron chi connectivity index (χ2n) is 5.50. The summed E-state index contributed by atoms with van der Waals surface area (Å²) in [6, 6.07) is 8.01. The Balaban J connectivity index is 2.81. The quantitative estimate of drug-likeness (QED) is 0.743. The molecular weight excluding hydrogens is 250 g/mol. The maximum absolute atomic E-state index is 12.5. The predicted molar refractivity (Wildman–Crippen MR) is 83.2 cm³/mol. The maximum Gasteiger partial charge on any atom is 0.179 e. The standard InChI is InChI=1S/C17H27NO2/c1-5-15-7-9-16(10-8-15)17(20)14(4)18(13(2)3)11-6-12-19/h7-10,13-14,19H,5-6,11-12H2,1-4H3. The molecule has 0 aromatic heterocycles. The Labute approximate surface area is 122 Å². The lowest BCUT2D eigenvalue weighted by atomic mass is 10.0. The highest BCUT2D eigenvalue weighted by Crippen LogP contribution is 2.14. The number of carbonyl (C=O) groups excluding carboxylic acids is 1. The molecule has 1 aromatic carbocycles. The first-order valence-corrected chi connectivity index (χ1v) is 7.51. The summed E-state index contributed by atoms with van der Waals surface area (Å²) in [5.74, 6) is 0.152. The second-order valence-corrected chi connectivity index (χ2v) is 5.50. The van der Waals surface area contributed by atoms with Crippen molar-refractivity contribution in [2.24, 2.45) is 0 Å². The SMILES string of the molecule is CCc1ccc(C(=O)C(C)N(CCCO)C(C)C)cc1. The molecule has 3 nitrogen and oxygen atoms in total. The molecule has 0 saturated heterocycles. The Kier molecular flexibility index (Phi) is 6.89. The molecule has 0 aliphatic heterocycles. The Hall–Kier alpha value is -1.19. The van der Waals surface area contributed by atoms with E-state index in [4.69, 9.17) is 5.11 Å². The van der Waals surface area contributed by atoms with Gasteiger partial charge in [-0.25, -0.2) is 0 Å². The van der Waals surface area contributed by atoms with Crippen LogP contribution in [0.2, 0.25) is 0 Å². The molecule has 112 valence electrons. The molecule has 1 aromatic rings. The van der Waals surface area contributed by atoms with E-state index in [0.29, 0.717) is 6.42 Å². The Morgan fingerprint density at radius 2 is 1.80 bits per heavy atom. The number of aliphatic hydroxyl groups is 1. The summed E-state index contributed by atoms with van der Waals surface area (Å²) >= 11 is 0. The van der Waals surface area contributed by atoms with Crippen molar-refractivity contribution < 1.29 is 9.90 Å². The minimum Gasteiger partial charge on any atom is -0.396 e. The third-order valence-electron chi connectivity index (χ3n) is 3.76. The highest BCUT2D eigenvalue weighted by Gasteiger charge is 2.24. The average molecular weight is 277 g/mol. The van der Waals surface area contributed by atoms with Gasteiger partial charge in [-0.1, -0.05) is 31.2 Å². The Morgan fingerprint density at radius 3 is 2.25 bits per heavy atom. The largest absolute Gasteiger partial charge is 0.396 e. The molecule has 0 aliphatic carbocycles. The fourth-order valence-electron chi connectivity index (χ4n) is 2.45. The number of rotatable bonds is 8. The molecule has 1 atom stereocenters. The topological polar surface area (TPSA) is 40.5 Å². The minimum absolute atomic E-state index is 0.152. The van der Waals surface area contributed by atoms with Gasteiger partial charge >= 0.3 is 0 Å². The van der Waals surface area contributed by atoms with Gasteiger partial charge in [-0.05, 0) is 39.2 Å². The van der Waals surface area contributed by atoms with E-state index in [1.54, 1.807) is 0 Å². The molecule has 0 bridgehead atoms. The van der Waals surface area contributed by atoms with Crippen molar-refractivity contribution in [3.05, 3.63) is 35.4 Å². The van der Waals surface area contributed by atoms with Gasteiger partial charge in [-0.15, -0.1) is 0 Å². The van der Waals surface area contributed by atoms with Crippen LogP contribution in [0, 0.1) is 0 Å². The molecule has 0 aliphatic rings. The van der Waals surface area contributed by atoms with Crippen LogP contribution in [0.25, 0.3) is 0 Å². The molecule has 0 spiro atoms. The molecule has 0 fully saturated rings. The predicted octanol–water partition coefficient (Wildman–Crippen LogP) is 2.91. The van der Waals surface area contributed by atoms with Crippen LogP contribution >= 0.6 is 0 Å². The van der Waals surface area contributed by atoms with Crippen LogP contribution in [0.4, 0.5) is 0 Å². The Morgan fingerprint density at radius 1 is 1.20 bits per heavy atom. The fraction of sp³-hybridized carbons (Fsp3) is 0.588. The summed E-state index contributed by atoms with van der Waals surface area (Å²) < 4.78 is 0. The molecule has 0 radical (unpaired) electrons. The number of hydrogen-bond donors (Lipinski definition) is 1. The van der Waals surface area contributed by atoms with Crippen molar-refractivity contribution in [2.45, 2.75) is 52.6 Å². The van der Waals surface area contributed by atoms with E-state index in [0.717, 1.165) is 18.5 Å². The Bertz CT molecular complexity index is 412. The van der Waals surface area contributed by atoms with Gasteiger partial charge in [0.05, 0.1) is 6.04 Å². The summed E-state index contributed by atoms with van der Waals surface area (Å²) in [6.07, 6.45) is 1.68. The van der Waals surface area contributed by atoms with Gasteiger partial charge in [-0.2, -0.15) is 0 Å². The summed E-state index contributed by atoms with van der Waals surface area (Å²) in [5, 5.41) is 8.98. The van der Waals surface area contributed by atoms with Gasteiger partial charge in [0.15, 0.2) is 5.78 Å². The molecule has 20 heavy (non-hydrogen) atoms. The van der Waals surface area contributed by atoms with Crippen LogP contribution in [-0.4, -0.2) is 41.0 Å². The van der Waals surface area contributed by atoms with Crippen molar-refractivity contribution >= 4 is 5.78 Å². The smallest absolute Gasteiger partial charge is 0.179 e. The van der Waals surface area contributed by atoms with Gasteiger partial charge in [0, 0.05) is 24.8 Å². The van der Waals surface area contributed by atoms with Crippen molar-refractivity contribution in [2.75, 3.05) is 13.2 Å². The van der Waals surface area contributed by atoms with Gasteiger partial charge in [0.25, 0.3) is 0 Å². The first kappa shape index (κ1) is 16.9. The average Bonchev–Trinajstić information content (AvgIpc) is 2.46. The van der Waals surface area contributed by atoms with E-state index in [2.05, 4.69) is 25.7 Å². The number of ketones is 1. The number of hydrogen-bond acceptors (Lipinski definition) is 3. The van der Waals surface area contributed by atoms with Crippen molar-refractivity contribution in [1.29, 1.82) is 0 Å². The molecular formula is C17H27NO2. The minimum atomic E-state index is -0.158. The number of benzene rings is 1. The van der Waals surface area contributed by atoms with Gasteiger partial charge in [0.2, 0.25) is 0 Å². The van der Waals surface area contributed by atoms with Crippen LogP contribution in [0.15, 0.2) is 24.3 Å². The zero-order valence-corrected chi connectivity index (χ0v) is 13.1. The number of nitrogens with zero attached hydrogens (tertiary/aromatic N) is 1. The normalized spacial score (nSPS) is 12.9. The number of aryl methyl sites for hydroxylation is 1. The van der Waals surface area contributed by atoms with E-state index in [1.807, 2.05) is 31.2 Å². The fourth-order valence-corrected chi connectivity index (χ4v) is 2.45. The zero-order chi connectivity index (χ0) is 15.1. The summed E-state index contributed by atoms with van der Waals surface area (Å²) in [7, 11) is 0. The first-order chi connectivity index (χ1) is 9.51. The van der Waals surface area contributed by atoms with Crippen LogP contribution in [-0.2, 0) is 6.42 Å². The molecule has 0 heterocycles. The third kappa shape index (κ3) is 4.43. The maximum atomic E-state index is 12.5. The molecule has 1 rings (SSSR count). The van der Waals surface area contributed by atoms with Crippen LogP contribution < -0.4 is 0 Å². The van der Waals surface area contributed by atoms with E-state index >= 15 is 0 Å². The number of aliphatic hydroxyl groups excluding tert-OH is 1. The lowest BCUT2D eigenvalue weighted by molar-refractivity contribution is 0.0772. The zero-order valence-electron chi connectivity index (χ0n) is 13.1. The van der Waals surface area contributed by atoms with E-state index in [-0.39, 0.29) is 24.5 Å². The number of Topliss-reactive ketones (excluding diaryl/α,β-unsaturated/α-hetero) is 1. The van der Waals surface area contributed by atoms with Gasteiger partial charge in [0.1, 0.15) is 0 Å². The summed E-state index contributed by atoms with van der Waals surface area (Å²) in [6.45, 7) is 9.13. The van der Waals surface area contributed by atoms with Crippen molar-refractivity contribution in [1.82, 2.24) is 4.90 Å². The summed E-state index contributed by atoms with van der Waals surface area (Å²) in [5.41, 5.74) is 2.01. The molecule has 1 unspecified atom stereocenters. The number of carbonyl (C=O) groups is 1. The van der Waals surface area contributed by atoms with Crippen LogP contribution in [0.1, 0.15) is 50.0 Å². The highest BCUT2D eigenvalue weighted by atomic mass is 16.3.